The van der Waals surface area contributed by atoms with Crippen molar-refractivity contribution in [3.63, 3.8) is 0 Å². The monoisotopic (exact) mass is 152 g/mol. The van der Waals surface area contributed by atoms with Gasteiger partial charge in [0.2, 0.25) is 0 Å². The minimum Gasteiger partial charge on any atom is -0.442 e. The van der Waals surface area contributed by atoms with Gasteiger partial charge in [0.05, 0.1) is 12.2 Å². The predicted octanol–water partition coefficient (Wildman–Crippen LogP) is 1.30. The van der Waals surface area contributed by atoms with Crippen LogP contribution in [-0.4, -0.2) is 6.10 Å². The van der Waals surface area contributed by atoms with Gasteiger partial charge < -0.3 is 4.74 Å². The lowest BCUT2D eigenvalue weighted by molar-refractivity contribution is -0.677. The standard InChI is InChI=1S/C9H14NO/c1-8(2)11-9-6-4-5-7-10(9)3/h4-8H,1-3H3/q+1. The summed E-state index contributed by atoms with van der Waals surface area (Å²) in [6.07, 6.45) is 2.21. The first-order chi connectivity index (χ1) is 5.20. The van der Waals surface area contributed by atoms with Gasteiger partial charge in [-0.3, -0.25) is 0 Å². The molecule has 0 N–H and O–H groups in total. The Balaban J connectivity index is 2.78. The van der Waals surface area contributed by atoms with Crippen LogP contribution in [0, 0.1) is 0 Å². The van der Waals surface area contributed by atoms with Crippen molar-refractivity contribution in [2.75, 3.05) is 0 Å². The molecule has 0 saturated carbocycles. The van der Waals surface area contributed by atoms with Crippen molar-refractivity contribution >= 4 is 0 Å². The van der Waals surface area contributed by atoms with Gasteiger partial charge in [0.1, 0.15) is 7.05 Å². The Bertz CT molecular complexity index is 233. The number of nitrogens with zero attached hydrogens (tertiary/aromatic N) is 1. The van der Waals surface area contributed by atoms with Crippen molar-refractivity contribution in [2.24, 2.45) is 7.05 Å². The summed E-state index contributed by atoms with van der Waals surface area (Å²) in [5.74, 6) is 0.905. The van der Waals surface area contributed by atoms with Crippen molar-refractivity contribution in [1.82, 2.24) is 0 Å². The molecule has 0 aromatic carbocycles. The van der Waals surface area contributed by atoms with Crippen molar-refractivity contribution in [3.05, 3.63) is 24.4 Å². The molecule has 0 unspecified atom stereocenters. The quantitative estimate of drug-likeness (QED) is 0.582. The van der Waals surface area contributed by atoms with E-state index in [1.807, 2.05) is 49.9 Å². The van der Waals surface area contributed by atoms with E-state index in [9.17, 15) is 0 Å². The van der Waals surface area contributed by atoms with Crippen LogP contribution in [0.2, 0.25) is 0 Å². The first-order valence-corrected chi connectivity index (χ1v) is 3.81. The third-order valence-electron chi connectivity index (χ3n) is 1.36. The Labute approximate surface area is 67.4 Å². The molecule has 1 aromatic rings. The highest BCUT2D eigenvalue weighted by Crippen LogP contribution is 2.02. The molecule has 60 valence electrons. The lowest BCUT2D eigenvalue weighted by atomic mass is 10.4. The molecule has 1 heterocycles. The molecule has 0 spiro atoms. The normalized spacial score (nSPS) is 10.2. The summed E-state index contributed by atoms with van der Waals surface area (Å²) in [6, 6.07) is 5.91. The Morgan fingerprint density at radius 2 is 2.09 bits per heavy atom. The van der Waals surface area contributed by atoms with Gasteiger partial charge >= 0.3 is 5.88 Å². The second kappa shape index (κ2) is 3.37. The van der Waals surface area contributed by atoms with Crippen LogP contribution < -0.4 is 9.30 Å². The van der Waals surface area contributed by atoms with E-state index in [-0.39, 0.29) is 6.10 Å². The van der Waals surface area contributed by atoms with Crippen LogP contribution in [0.4, 0.5) is 0 Å². The Kier molecular flexibility index (Phi) is 2.47. The zero-order valence-corrected chi connectivity index (χ0v) is 7.24. The fourth-order valence-corrected chi connectivity index (χ4v) is 0.872. The molecule has 0 atom stereocenters. The molecule has 0 fully saturated rings. The number of hydrogen-bond acceptors (Lipinski definition) is 1. The van der Waals surface area contributed by atoms with Gasteiger partial charge in [-0.25, -0.2) is 0 Å². The van der Waals surface area contributed by atoms with Crippen LogP contribution in [-0.2, 0) is 7.05 Å². The third-order valence-corrected chi connectivity index (χ3v) is 1.36. The first-order valence-electron chi connectivity index (χ1n) is 3.81. The number of ether oxygens (including phenoxy) is 1. The summed E-state index contributed by atoms with van der Waals surface area (Å²) < 4.78 is 7.47. The number of aryl methyl sites for hydroxylation is 1. The molecule has 0 bridgehead atoms. The average molecular weight is 152 g/mol. The van der Waals surface area contributed by atoms with Crippen LogP contribution in [0.1, 0.15) is 13.8 Å². The highest BCUT2D eigenvalue weighted by molar-refractivity contribution is 5.02. The summed E-state index contributed by atoms with van der Waals surface area (Å²) in [4.78, 5) is 0. The van der Waals surface area contributed by atoms with Crippen molar-refractivity contribution < 1.29 is 9.30 Å². The second-order valence-electron chi connectivity index (χ2n) is 2.82. The van der Waals surface area contributed by atoms with Gasteiger partial charge in [-0.1, -0.05) is 0 Å². The number of pyridine rings is 1. The van der Waals surface area contributed by atoms with E-state index >= 15 is 0 Å². The first kappa shape index (κ1) is 8.05. The largest absolute Gasteiger partial charge is 0.442 e. The van der Waals surface area contributed by atoms with Gasteiger partial charge in [-0.2, -0.15) is 4.57 Å². The number of aromatic nitrogens is 1. The van der Waals surface area contributed by atoms with Crippen LogP contribution in [0.25, 0.3) is 0 Å². The minimum atomic E-state index is 0.239. The fourth-order valence-electron chi connectivity index (χ4n) is 0.872. The number of hydrogen-bond donors (Lipinski definition) is 0. The Morgan fingerprint density at radius 1 is 1.36 bits per heavy atom. The maximum absolute atomic E-state index is 5.51. The van der Waals surface area contributed by atoms with E-state index in [2.05, 4.69) is 0 Å². The summed E-state index contributed by atoms with van der Waals surface area (Å²) in [7, 11) is 1.97. The molecule has 0 radical (unpaired) electrons. The molecular weight excluding hydrogens is 138 g/mol. The van der Waals surface area contributed by atoms with Gasteiger partial charge in [0, 0.05) is 6.07 Å². The van der Waals surface area contributed by atoms with E-state index in [0.717, 1.165) is 5.88 Å². The van der Waals surface area contributed by atoms with E-state index in [0.29, 0.717) is 0 Å². The van der Waals surface area contributed by atoms with Gasteiger partial charge in [-0.15, -0.1) is 0 Å². The summed E-state index contributed by atoms with van der Waals surface area (Å²) in [5.41, 5.74) is 0. The molecule has 0 saturated heterocycles. The molecule has 1 aromatic heterocycles. The van der Waals surface area contributed by atoms with Crippen LogP contribution >= 0.6 is 0 Å². The molecule has 2 heteroatoms. The lowest BCUT2D eigenvalue weighted by Crippen LogP contribution is -2.31. The average Bonchev–Trinajstić information content (AvgIpc) is 1.93. The zero-order chi connectivity index (χ0) is 8.27. The second-order valence-corrected chi connectivity index (χ2v) is 2.82. The maximum Gasteiger partial charge on any atom is 0.367 e. The molecule has 11 heavy (non-hydrogen) atoms. The van der Waals surface area contributed by atoms with Crippen molar-refractivity contribution in [1.29, 1.82) is 0 Å². The molecule has 2 nitrogen and oxygen atoms in total. The third kappa shape index (κ3) is 2.22. The van der Waals surface area contributed by atoms with Crippen molar-refractivity contribution in [3.8, 4) is 5.88 Å². The predicted molar refractivity (Wildman–Crippen MR) is 43.4 cm³/mol. The fraction of sp³-hybridized carbons (Fsp3) is 0.444. The molecule has 1 rings (SSSR count). The SMILES string of the molecule is CC(C)Oc1cccc[n+]1C. The Hall–Kier alpha value is -1.05. The summed E-state index contributed by atoms with van der Waals surface area (Å²) in [6.45, 7) is 4.04. The van der Waals surface area contributed by atoms with Gasteiger partial charge in [0.25, 0.3) is 0 Å². The van der Waals surface area contributed by atoms with E-state index in [1.165, 1.54) is 0 Å². The van der Waals surface area contributed by atoms with Crippen molar-refractivity contribution in [2.45, 2.75) is 20.0 Å². The maximum atomic E-state index is 5.51. The molecule has 0 aliphatic heterocycles. The molecular formula is C9H14NO+. The zero-order valence-electron chi connectivity index (χ0n) is 7.24. The van der Waals surface area contributed by atoms with Gasteiger partial charge in [-0.05, 0) is 19.9 Å². The highest BCUT2D eigenvalue weighted by Gasteiger charge is 2.06. The molecule has 0 aliphatic carbocycles. The van der Waals surface area contributed by atoms with E-state index in [4.69, 9.17) is 4.74 Å². The van der Waals surface area contributed by atoms with Crippen LogP contribution in [0.3, 0.4) is 0 Å². The minimum absolute atomic E-state index is 0.239. The van der Waals surface area contributed by atoms with Gasteiger partial charge in [0.15, 0.2) is 6.20 Å². The number of rotatable bonds is 2. The highest BCUT2D eigenvalue weighted by atomic mass is 16.5. The molecule has 0 amide bonds. The topological polar surface area (TPSA) is 13.1 Å². The lowest BCUT2D eigenvalue weighted by Gasteiger charge is -2.05. The van der Waals surface area contributed by atoms with E-state index < -0.39 is 0 Å². The van der Waals surface area contributed by atoms with Crippen LogP contribution in [0.5, 0.6) is 5.88 Å². The smallest absolute Gasteiger partial charge is 0.367 e. The van der Waals surface area contributed by atoms with E-state index in [1.54, 1.807) is 0 Å². The summed E-state index contributed by atoms with van der Waals surface area (Å²) in [5, 5.41) is 0. The Morgan fingerprint density at radius 3 is 2.64 bits per heavy atom. The van der Waals surface area contributed by atoms with Crippen LogP contribution in [0.15, 0.2) is 24.4 Å². The molecule has 0 aliphatic rings. The summed E-state index contributed by atoms with van der Waals surface area (Å²) >= 11 is 0.